The van der Waals surface area contributed by atoms with Crippen molar-refractivity contribution in [3.8, 4) is 0 Å². The van der Waals surface area contributed by atoms with Crippen LogP contribution in [-0.2, 0) is 4.79 Å². The second-order valence-electron chi connectivity index (χ2n) is 7.46. The van der Waals surface area contributed by atoms with E-state index >= 15 is 0 Å². The van der Waals surface area contributed by atoms with Gasteiger partial charge in [0.2, 0.25) is 0 Å². The number of nitrogens with two attached hydrogens (primary N) is 1. The Labute approximate surface area is 156 Å². The molecule has 2 rings (SSSR count). The van der Waals surface area contributed by atoms with Crippen LogP contribution in [0.4, 0.5) is 0 Å². The van der Waals surface area contributed by atoms with Crippen LogP contribution in [0.15, 0.2) is 24.7 Å². The number of amides is 1. The van der Waals surface area contributed by atoms with Gasteiger partial charge in [0.15, 0.2) is 0 Å². The third kappa shape index (κ3) is 6.21. The van der Waals surface area contributed by atoms with E-state index in [1.165, 1.54) is 32.1 Å². The van der Waals surface area contributed by atoms with Crippen molar-refractivity contribution in [2.45, 2.75) is 57.0 Å². The molecule has 0 aromatic carbocycles. The van der Waals surface area contributed by atoms with Gasteiger partial charge in [-0.05, 0) is 25.0 Å². The highest BCUT2D eigenvalue weighted by atomic mass is 16.2. The van der Waals surface area contributed by atoms with Gasteiger partial charge in [-0.3, -0.25) is 10.1 Å². The predicted molar refractivity (Wildman–Crippen MR) is 104 cm³/mol. The molecule has 1 saturated carbocycles. The maximum absolute atomic E-state index is 12.2. The summed E-state index contributed by atoms with van der Waals surface area (Å²) in [4.78, 5) is 12.2. The lowest BCUT2D eigenvalue weighted by molar-refractivity contribution is -0.118. The number of aliphatic hydroxyl groups is 1. The molecule has 0 spiro atoms. The van der Waals surface area contributed by atoms with Gasteiger partial charge in [0.25, 0.3) is 5.91 Å². The van der Waals surface area contributed by atoms with E-state index in [0.717, 1.165) is 31.8 Å². The van der Waals surface area contributed by atoms with E-state index in [1.807, 2.05) is 0 Å². The lowest BCUT2D eigenvalue weighted by Crippen LogP contribution is -2.50. The van der Waals surface area contributed by atoms with Gasteiger partial charge in [0, 0.05) is 31.1 Å². The van der Waals surface area contributed by atoms with Crippen LogP contribution < -0.4 is 27.0 Å². The molecular formula is C19H35N5O2. The lowest BCUT2D eigenvalue weighted by atomic mass is 9.82. The van der Waals surface area contributed by atoms with E-state index < -0.39 is 5.91 Å². The number of hydrogen-bond donors (Lipinski definition) is 6. The van der Waals surface area contributed by atoms with E-state index in [4.69, 9.17) is 10.8 Å². The average Bonchev–Trinajstić information content (AvgIpc) is 3.13. The van der Waals surface area contributed by atoms with E-state index in [1.54, 1.807) is 6.20 Å². The first-order chi connectivity index (χ1) is 12.7. The normalized spacial score (nSPS) is 25.6. The minimum Gasteiger partial charge on any atom is -0.513 e. The largest absolute Gasteiger partial charge is 0.513 e. The summed E-state index contributed by atoms with van der Waals surface area (Å²) in [6.45, 7) is 6.02. The van der Waals surface area contributed by atoms with Crippen LogP contribution in [0.5, 0.6) is 0 Å². The van der Waals surface area contributed by atoms with Crippen LogP contribution >= 0.6 is 0 Å². The first-order valence-corrected chi connectivity index (χ1v) is 9.84. The Morgan fingerprint density at radius 3 is 2.77 bits per heavy atom. The third-order valence-electron chi connectivity index (χ3n) is 5.72. The number of carbonyl (C=O) groups excluding carboxylic acids is 1. The second-order valence-corrected chi connectivity index (χ2v) is 7.46. The minimum atomic E-state index is -0.393. The lowest BCUT2D eigenvalue weighted by Gasteiger charge is -2.31. The van der Waals surface area contributed by atoms with Crippen molar-refractivity contribution in [1.82, 2.24) is 21.3 Å². The molecule has 0 aromatic heterocycles. The second kappa shape index (κ2) is 11.1. The zero-order valence-electron chi connectivity index (χ0n) is 15.7. The standard InChI is InChI=1S/C19H35N5O2/c1-2-21-13-23-18-11-22-10-15(18)17(24-19(26)16(20)12-25)9-8-14-6-4-3-5-7-14/h2,12,14-15,17-18,21-23,25H,1,3-11,13,20H2,(H,24,26)/b16-12-. The molecule has 3 unspecified atom stereocenters. The molecule has 2 fully saturated rings. The fourth-order valence-corrected chi connectivity index (χ4v) is 4.20. The molecule has 1 amide bonds. The summed E-state index contributed by atoms with van der Waals surface area (Å²) in [5, 5.41) is 22.0. The van der Waals surface area contributed by atoms with Gasteiger partial charge < -0.3 is 26.8 Å². The Hall–Kier alpha value is -1.73. The number of aliphatic hydroxyl groups excluding tert-OH is 1. The first-order valence-electron chi connectivity index (χ1n) is 9.84. The summed E-state index contributed by atoms with van der Waals surface area (Å²) in [5.74, 6) is 0.647. The van der Waals surface area contributed by atoms with Crippen LogP contribution in [0.25, 0.3) is 0 Å². The molecule has 1 saturated heterocycles. The van der Waals surface area contributed by atoms with Crippen molar-refractivity contribution in [3.63, 3.8) is 0 Å². The van der Waals surface area contributed by atoms with Gasteiger partial charge in [-0.25, -0.2) is 0 Å². The Morgan fingerprint density at radius 2 is 2.08 bits per heavy atom. The van der Waals surface area contributed by atoms with Crippen molar-refractivity contribution >= 4 is 5.91 Å². The summed E-state index contributed by atoms with van der Waals surface area (Å²) in [6, 6.07) is 0.289. The number of hydrogen-bond acceptors (Lipinski definition) is 6. The highest BCUT2D eigenvalue weighted by Crippen LogP contribution is 2.29. The summed E-state index contributed by atoms with van der Waals surface area (Å²) < 4.78 is 0. The molecule has 7 nitrogen and oxygen atoms in total. The molecule has 3 atom stereocenters. The first kappa shape index (κ1) is 20.6. The maximum atomic E-state index is 12.2. The van der Waals surface area contributed by atoms with Crippen molar-refractivity contribution in [3.05, 3.63) is 24.7 Å². The molecule has 0 bridgehead atoms. The zero-order valence-corrected chi connectivity index (χ0v) is 15.7. The maximum Gasteiger partial charge on any atom is 0.270 e. The Balaban J connectivity index is 1.97. The van der Waals surface area contributed by atoms with Crippen molar-refractivity contribution < 1.29 is 9.90 Å². The highest BCUT2D eigenvalue weighted by molar-refractivity contribution is 5.92. The molecule has 1 heterocycles. The molecule has 1 aliphatic carbocycles. The van der Waals surface area contributed by atoms with E-state index in [9.17, 15) is 4.79 Å². The van der Waals surface area contributed by atoms with Crippen LogP contribution in [0.3, 0.4) is 0 Å². The van der Waals surface area contributed by atoms with E-state index in [-0.39, 0.29) is 23.7 Å². The minimum absolute atomic E-state index is 0.0270. The summed E-state index contributed by atoms with van der Waals surface area (Å²) in [5.41, 5.74) is 5.44. The summed E-state index contributed by atoms with van der Waals surface area (Å²) in [6.07, 6.45) is 11.0. The van der Waals surface area contributed by atoms with Gasteiger partial charge >= 0.3 is 0 Å². The van der Waals surface area contributed by atoms with Crippen LogP contribution in [0, 0.1) is 11.8 Å². The average molecular weight is 366 g/mol. The third-order valence-corrected chi connectivity index (χ3v) is 5.72. The monoisotopic (exact) mass is 365 g/mol. The highest BCUT2D eigenvalue weighted by Gasteiger charge is 2.34. The Kier molecular flexibility index (Phi) is 8.77. The summed E-state index contributed by atoms with van der Waals surface area (Å²) in [7, 11) is 0. The topological polar surface area (TPSA) is 111 Å². The molecule has 0 aromatic rings. The Morgan fingerprint density at radius 1 is 1.31 bits per heavy atom. The van der Waals surface area contributed by atoms with Gasteiger partial charge in [0.05, 0.1) is 6.67 Å². The molecule has 26 heavy (non-hydrogen) atoms. The van der Waals surface area contributed by atoms with Crippen molar-refractivity contribution in [2.75, 3.05) is 19.8 Å². The van der Waals surface area contributed by atoms with Crippen LogP contribution in [0.2, 0.25) is 0 Å². The van der Waals surface area contributed by atoms with Crippen LogP contribution in [0.1, 0.15) is 44.9 Å². The molecule has 7 heteroatoms. The fraction of sp³-hybridized carbons (Fsp3) is 0.737. The van der Waals surface area contributed by atoms with Gasteiger partial charge in [-0.1, -0.05) is 38.7 Å². The molecule has 0 radical (unpaired) electrons. The summed E-state index contributed by atoms with van der Waals surface area (Å²) >= 11 is 0. The van der Waals surface area contributed by atoms with E-state index in [2.05, 4.69) is 27.8 Å². The quantitative estimate of drug-likeness (QED) is 0.149. The molecule has 7 N–H and O–H groups in total. The van der Waals surface area contributed by atoms with Crippen LogP contribution in [-0.4, -0.2) is 42.9 Å². The molecule has 1 aliphatic heterocycles. The van der Waals surface area contributed by atoms with Gasteiger partial charge in [-0.2, -0.15) is 0 Å². The zero-order chi connectivity index (χ0) is 18.8. The van der Waals surface area contributed by atoms with Gasteiger partial charge in [-0.15, -0.1) is 0 Å². The van der Waals surface area contributed by atoms with Crippen molar-refractivity contribution in [1.29, 1.82) is 0 Å². The number of rotatable bonds is 10. The smallest absolute Gasteiger partial charge is 0.270 e. The molecular weight excluding hydrogens is 330 g/mol. The number of nitrogens with one attached hydrogen (secondary N) is 4. The van der Waals surface area contributed by atoms with E-state index in [0.29, 0.717) is 12.9 Å². The fourth-order valence-electron chi connectivity index (χ4n) is 4.20. The molecule has 2 aliphatic rings. The van der Waals surface area contributed by atoms with Gasteiger partial charge in [0.1, 0.15) is 12.0 Å². The van der Waals surface area contributed by atoms with Crippen molar-refractivity contribution in [2.24, 2.45) is 17.6 Å². The Bertz CT molecular complexity index is 477. The predicted octanol–water partition coefficient (Wildman–Crippen LogP) is 1.06. The number of carbonyl (C=O) groups is 1. The SMILES string of the molecule is C=CNCNC1CNCC1C(CCC1CCCCC1)NC(=O)/C(N)=C/O. The molecule has 148 valence electrons.